The molecule has 1 aliphatic heterocycles. The van der Waals surface area contributed by atoms with Gasteiger partial charge in [-0.1, -0.05) is 0 Å². The Morgan fingerprint density at radius 1 is 1.58 bits per heavy atom. The third-order valence-corrected chi connectivity index (χ3v) is 4.76. The molecule has 0 aliphatic carbocycles. The van der Waals surface area contributed by atoms with Crippen molar-refractivity contribution >= 4 is 47.2 Å². The fourth-order valence-corrected chi connectivity index (χ4v) is 3.58. The van der Waals surface area contributed by atoms with Crippen LogP contribution in [0.15, 0.2) is 10.4 Å². The quantitative estimate of drug-likeness (QED) is 0.383. The molecule has 0 saturated carbocycles. The third-order valence-electron chi connectivity index (χ3n) is 3.94. The molecule has 1 amide bonds. The summed E-state index contributed by atoms with van der Waals surface area (Å²) in [6.45, 7) is 7.49. The lowest BCUT2D eigenvalue weighted by Gasteiger charge is -2.34. The van der Waals surface area contributed by atoms with Crippen molar-refractivity contribution in [2.45, 2.75) is 39.5 Å². The Kier molecular flexibility index (Phi) is 9.57. The number of hydrogen-bond acceptors (Lipinski definition) is 4. The first-order chi connectivity index (χ1) is 11.1. The second-order valence-electron chi connectivity index (χ2n) is 5.97. The van der Waals surface area contributed by atoms with Gasteiger partial charge in [0.25, 0.3) is 0 Å². The minimum Gasteiger partial charge on any atom is -0.370 e. The standard InChI is InChI=1S/C16H27N5OS.HI/c1-3-18-16(19-7-6-14-11-23-12(2)20-14)21-8-4-5-13(10-21)9-15(17)22;/h11,13H,3-10H2,1-2H3,(H2,17,22)(H,18,19);1H. The summed E-state index contributed by atoms with van der Waals surface area (Å²) in [5.74, 6) is 1.07. The number of aromatic nitrogens is 1. The van der Waals surface area contributed by atoms with E-state index in [0.717, 1.165) is 62.1 Å². The number of guanidine groups is 1. The number of nitrogens with two attached hydrogens (primary N) is 1. The van der Waals surface area contributed by atoms with Gasteiger partial charge in [0.15, 0.2) is 5.96 Å². The van der Waals surface area contributed by atoms with Gasteiger partial charge in [0.05, 0.1) is 10.7 Å². The summed E-state index contributed by atoms with van der Waals surface area (Å²) in [4.78, 5) is 22.6. The van der Waals surface area contributed by atoms with Gasteiger partial charge in [-0.15, -0.1) is 35.3 Å². The highest BCUT2D eigenvalue weighted by atomic mass is 127. The van der Waals surface area contributed by atoms with Crippen LogP contribution in [0, 0.1) is 12.8 Å². The predicted molar refractivity (Wildman–Crippen MR) is 110 cm³/mol. The van der Waals surface area contributed by atoms with Gasteiger partial charge in [-0.2, -0.15) is 0 Å². The number of aryl methyl sites for hydroxylation is 1. The number of halogens is 1. The van der Waals surface area contributed by atoms with Crippen LogP contribution in [0.25, 0.3) is 0 Å². The highest BCUT2D eigenvalue weighted by molar-refractivity contribution is 14.0. The van der Waals surface area contributed by atoms with Crippen LogP contribution in [-0.4, -0.2) is 47.9 Å². The minimum absolute atomic E-state index is 0. The van der Waals surface area contributed by atoms with Gasteiger partial charge in [0.1, 0.15) is 0 Å². The highest BCUT2D eigenvalue weighted by Crippen LogP contribution is 2.19. The van der Waals surface area contributed by atoms with E-state index in [1.807, 2.05) is 6.92 Å². The number of nitrogens with zero attached hydrogens (tertiary/aromatic N) is 3. The van der Waals surface area contributed by atoms with Gasteiger partial charge in [-0.3, -0.25) is 9.79 Å². The molecule has 2 heterocycles. The Bertz CT molecular complexity index is 548. The zero-order valence-corrected chi connectivity index (χ0v) is 17.6. The third kappa shape index (κ3) is 6.92. The number of primary amides is 1. The number of hydrogen-bond donors (Lipinski definition) is 2. The number of amides is 1. The molecule has 0 bridgehead atoms. The van der Waals surface area contributed by atoms with Gasteiger partial charge >= 0.3 is 0 Å². The molecule has 2 rings (SSSR count). The molecule has 1 unspecified atom stereocenters. The molecule has 1 aromatic heterocycles. The van der Waals surface area contributed by atoms with Crippen LogP contribution in [0.5, 0.6) is 0 Å². The maximum atomic E-state index is 11.2. The zero-order valence-electron chi connectivity index (χ0n) is 14.5. The van der Waals surface area contributed by atoms with Crippen LogP contribution in [0.1, 0.15) is 36.9 Å². The van der Waals surface area contributed by atoms with Crippen LogP contribution >= 0.6 is 35.3 Å². The molecule has 6 nitrogen and oxygen atoms in total. The van der Waals surface area contributed by atoms with Crippen molar-refractivity contribution in [2.75, 3.05) is 26.2 Å². The smallest absolute Gasteiger partial charge is 0.217 e. The average Bonchev–Trinajstić information content (AvgIpc) is 2.91. The van der Waals surface area contributed by atoms with Crippen molar-refractivity contribution in [3.8, 4) is 0 Å². The van der Waals surface area contributed by atoms with Crippen LogP contribution in [0.3, 0.4) is 0 Å². The lowest BCUT2D eigenvalue weighted by Crippen LogP contribution is -2.47. The SMILES string of the molecule is CCNC(=NCCc1csc(C)n1)N1CCCC(CC(N)=O)C1.I. The zero-order chi connectivity index (χ0) is 16.7. The predicted octanol–water partition coefficient (Wildman–Crippen LogP) is 2.16. The molecule has 1 fully saturated rings. The summed E-state index contributed by atoms with van der Waals surface area (Å²) in [7, 11) is 0. The topological polar surface area (TPSA) is 83.6 Å². The maximum Gasteiger partial charge on any atom is 0.217 e. The van der Waals surface area contributed by atoms with E-state index in [2.05, 4.69) is 27.5 Å². The second kappa shape index (κ2) is 10.9. The number of thiazole rings is 1. The number of carbonyl (C=O) groups excluding carboxylic acids is 1. The largest absolute Gasteiger partial charge is 0.370 e. The number of carbonyl (C=O) groups is 1. The lowest BCUT2D eigenvalue weighted by molar-refractivity contribution is -0.119. The van der Waals surface area contributed by atoms with Crippen LogP contribution in [-0.2, 0) is 11.2 Å². The second-order valence-corrected chi connectivity index (χ2v) is 7.03. The molecule has 136 valence electrons. The first-order valence-corrected chi connectivity index (χ1v) is 9.19. The van der Waals surface area contributed by atoms with Crippen molar-refractivity contribution in [2.24, 2.45) is 16.6 Å². The number of nitrogens with one attached hydrogen (secondary N) is 1. The van der Waals surface area contributed by atoms with Gasteiger partial charge in [-0.25, -0.2) is 4.98 Å². The van der Waals surface area contributed by atoms with Gasteiger partial charge in [0, 0.05) is 44.4 Å². The molecule has 0 spiro atoms. The van der Waals surface area contributed by atoms with E-state index >= 15 is 0 Å². The highest BCUT2D eigenvalue weighted by Gasteiger charge is 2.23. The Labute approximate surface area is 165 Å². The molecule has 8 heteroatoms. The van der Waals surface area contributed by atoms with E-state index in [9.17, 15) is 4.79 Å². The number of piperidine rings is 1. The number of rotatable bonds is 6. The fraction of sp³-hybridized carbons (Fsp3) is 0.688. The van der Waals surface area contributed by atoms with E-state index in [1.54, 1.807) is 11.3 Å². The molecule has 1 atom stereocenters. The van der Waals surface area contributed by atoms with Gasteiger partial charge < -0.3 is 16.0 Å². The Morgan fingerprint density at radius 3 is 3.00 bits per heavy atom. The number of aliphatic imine (C=N–C) groups is 1. The average molecular weight is 465 g/mol. The molecule has 24 heavy (non-hydrogen) atoms. The first kappa shape index (κ1) is 21.1. The van der Waals surface area contributed by atoms with E-state index in [1.165, 1.54) is 0 Å². The molecular weight excluding hydrogens is 437 g/mol. The summed E-state index contributed by atoms with van der Waals surface area (Å²) >= 11 is 1.68. The molecule has 3 N–H and O–H groups in total. The van der Waals surface area contributed by atoms with Gasteiger partial charge in [0.2, 0.25) is 5.91 Å². The summed E-state index contributed by atoms with van der Waals surface area (Å²) in [5, 5.41) is 6.56. The molecule has 1 aromatic rings. The van der Waals surface area contributed by atoms with Crippen molar-refractivity contribution in [3.05, 3.63) is 16.1 Å². The maximum absolute atomic E-state index is 11.2. The summed E-state index contributed by atoms with van der Waals surface area (Å²) in [5.41, 5.74) is 6.45. The van der Waals surface area contributed by atoms with E-state index < -0.39 is 0 Å². The minimum atomic E-state index is -0.210. The summed E-state index contributed by atoms with van der Waals surface area (Å²) < 4.78 is 0. The Hall–Kier alpha value is -0.900. The molecule has 1 aliphatic rings. The van der Waals surface area contributed by atoms with Crippen molar-refractivity contribution < 1.29 is 4.79 Å². The molecule has 1 saturated heterocycles. The van der Waals surface area contributed by atoms with E-state index in [4.69, 9.17) is 10.7 Å². The molecule has 0 aromatic carbocycles. The Morgan fingerprint density at radius 2 is 2.38 bits per heavy atom. The van der Waals surface area contributed by atoms with Crippen LogP contribution in [0.4, 0.5) is 0 Å². The lowest BCUT2D eigenvalue weighted by atomic mass is 9.95. The van der Waals surface area contributed by atoms with Crippen molar-refractivity contribution in [3.63, 3.8) is 0 Å². The first-order valence-electron chi connectivity index (χ1n) is 8.31. The van der Waals surface area contributed by atoms with Crippen LogP contribution in [0.2, 0.25) is 0 Å². The van der Waals surface area contributed by atoms with Crippen molar-refractivity contribution in [1.82, 2.24) is 15.2 Å². The molecule has 0 radical (unpaired) electrons. The van der Waals surface area contributed by atoms with E-state index in [-0.39, 0.29) is 29.9 Å². The molecular formula is C16H28IN5OS. The Balaban J connectivity index is 0.00000288. The summed E-state index contributed by atoms with van der Waals surface area (Å²) in [6, 6.07) is 0. The monoisotopic (exact) mass is 465 g/mol. The van der Waals surface area contributed by atoms with E-state index in [0.29, 0.717) is 12.3 Å². The van der Waals surface area contributed by atoms with Crippen molar-refractivity contribution in [1.29, 1.82) is 0 Å². The normalized spacial score (nSPS) is 18.2. The van der Waals surface area contributed by atoms with Gasteiger partial charge in [-0.05, 0) is 32.6 Å². The summed E-state index contributed by atoms with van der Waals surface area (Å²) in [6.07, 6.45) is 3.47. The van der Waals surface area contributed by atoms with Crippen LogP contribution < -0.4 is 11.1 Å². The fourth-order valence-electron chi connectivity index (χ4n) is 2.93. The number of likely N-dealkylation sites (tertiary alicyclic amines) is 1.